The van der Waals surface area contributed by atoms with Gasteiger partial charge in [-0.1, -0.05) is 49.7 Å². The molecule has 160 valence electrons. The normalized spacial score (nSPS) is 13.3. The molecule has 2 atom stereocenters. The molecule has 5 heteroatoms. The van der Waals surface area contributed by atoms with E-state index in [2.05, 4.69) is 17.1 Å². The zero-order valence-corrected chi connectivity index (χ0v) is 18.2. The smallest absolute Gasteiger partial charge is 0.161 e. The summed E-state index contributed by atoms with van der Waals surface area (Å²) in [6.45, 7) is 5.07. The third kappa shape index (κ3) is 7.69. The number of unbranched alkanes of at least 4 members (excludes halogenated alkanes) is 1. The minimum Gasteiger partial charge on any atom is -0.493 e. The molecule has 2 aromatic rings. The predicted molar refractivity (Wildman–Crippen MR) is 119 cm³/mol. The van der Waals surface area contributed by atoms with Crippen molar-refractivity contribution in [2.45, 2.75) is 32.4 Å². The zero-order valence-electron chi connectivity index (χ0n) is 18.2. The number of aliphatic hydroxyl groups is 1. The molecular formula is C24H36N2O3. The second-order valence-corrected chi connectivity index (χ2v) is 7.70. The molecule has 0 aromatic heterocycles. The molecule has 0 heterocycles. The molecule has 2 rings (SSSR count). The molecule has 0 saturated carbocycles. The number of ether oxygens (including phenoxy) is 2. The van der Waals surface area contributed by atoms with Gasteiger partial charge in [-0.3, -0.25) is 0 Å². The fourth-order valence-electron chi connectivity index (χ4n) is 3.34. The molecule has 2 aromatic carbocycles. The third-order valence-electron chi connectivity index (χ3n) is 4.91. The molecule has 29 heavy (non-hydrogen) atoms. The first kappa shape index (κ1) is 23.2. The van der Waals surface area contributed by atoms with E-state index in [0.29, 0.717) is 19.7 Å². The fraction of sp³-hybridized carbons (Fsp3) is 0.500. The van der Waals surface area contributed by atoms with E-state index >= 15 is 0 Å². The quantitative estimate of drug-likeness (QED) is 0.500. The first-order chi connectivity index (χ1) is 14.0. The van der Waals surface area contributed by atoms with Crippen molar-refractivity contribution in [3.63, 3.8) is 0 Å². The number of benzene rings is 2. The number of hydrogen-bond donors (Lipinski definition) is 2. The van der Waals surface area contributed by atoms with Gasteiger partial charge >= 0.3 is 0 Å². The van der Waals surface area contributed by atoms with Crippen LogP contribution in [0.2, 0.25) is 0 Å². The minimum absolute atomic E-state index is 0.0888. The van der Waals surface area contributed by atoms with E-state index in [4.69, 9.17) is 9.47 Å². The van der Waals surface area contributed by atoms with Crippen LogP contribution in [0.25, 0.3) is 0 Å². The largest absolute Gasteiger partial charge is 0.493 e. The summed E-state index contributed by atoms with van der Waals surface area (Å²) in [6, 6.07) is 15.9. The number of nitrogens with zero attached hydrogens (tertiary/aromatic N) is 1. The van der Waals surface area contributed by atoms with E-state index in [1.54, 1.807) is 7.11 Å². The zero-order chi connectivity index (χ0) is 21.1. The van der Waals surface area contributed by atoms with Crippen LogP contribution in [0, 0.1) is 5.92 Å². The first-order valence-corrected chi connectivity index (χ1v) is 10.4. The van der Waals surface area contributed by atoms with Crippen molar-refractivity contribution in [3.05, 3.63) is 59.7 Å². The van der Waals surface area contributed by atoms with Gasteiger partial charge in [0.15, 0.2) is 11.5 Å². The molecule has 0 aliphatic heterocycles. The number of methoxy groups -OCH3 is 1. The monoisotopic (exact) mass is 400 g/mol. The number of hydrogen-bond acceptors (Lipinski definition) is 5. The van der Waals surface area contributed by atoms with Crippen LogP contribution < -0.4 is 14.8 Å². The summed E-state index contributed by atoms with van der Waals surface area (Å²) in [5.74, 6) is 1.63. The van der Waals surface area contributed by atoms with Gasteiger partial charge in [-0.05, 0) is 43.8 Å². The Hall–Kier alpha value is -2.08. The highest BCUT2D eigenvalue weighted by Crippen LogP contribution is 2.28. The van der Waals surface area contributed by atoms with E-state index in [1.165, 1.54) is 0 Å². The Labute approximate surface area is 175 Å². The van der Waals surface area contributed by atoms with Crippen LogP contribution in [-0.4, -0.2) is 50.9 Å². The maximum Gasteiger partial charge on any atom is 0.161 e. The second kappa shape index (κ2) is 12.5. The fourth-order valence-corrected chi connectivity index (χ4v) is 3.34. The highest BCUT2D eigenvalue weighted by atomic mass is 16.5. The Kier molecular flexibility index (Phi) is 9.98. The predicted octanol–water partition coefficient (Wildman–Crippen LogP) is 3.88. The lowest BCUT2D eigenvalue weighted by atomic mass is 9.95. The summed E-state index contributed by atoms with van der Waals surface area (Å²) in [5.41, 5.74) is 2.09. The molecule has 0 unspecified atom stereocenters. The van der Waals surface area contributed by atoms with Crippen LogP contribution >= 0.6 is 0 Å². The van der Waals surface area contributed by atoms with Crippen molar-refractivity contribution >= 4 is 0 Å². The average Bonchev–Trinajstić information content (AvgIpc) is 2.73. The first-order valence-electron chi connectivity index (χ1n) is 10.4. The lowest BCUT2D eigenvalue weighted by molar-refractivity contribution is 0.0894. The Balaban J connectivity index is 1.98. The molecule has 0 aliphatic carbocycles. The molecule has 0 amide bonds. The lowest BCUT2D eigenvalue weighted by Gasteiger charge is -2.26. The van der Waals surface area contributed by atoms with E-state index in [9.17, 15) is 5.11 Å². The molecule has 2 N–H and O–H groups in total. The average molecular weight is 401 g/mol. The van der Waals surface area contributed by atoms with Crippen LogP contribution in [0.5, 0.6) is 11.5 Å². The van der Waals surface area contributed by atoms with Crippen LogP contribution in [-0.2, 0) is 6.54 Å². The van der Waals surface area contributed by atoms with Gasteiger partial charge in [0.2, 0.25) is 0 Å². The maximum absolute atomic E-state index is 10.9. The number of rotatable bonds is 13. The molecule has 0 aliphatic rings. The molecule has 0 fully saturated rings. The van der Waals surface area contributed by atoms with E-state index in [-0.39, 0.29) is 5.92 Å². The van der Waals surface area contributed by atoms with Gasteiger partial charge in [-0.2, -0.15) is 0 Å². The van der Waals surface area contributed by atoms with Gasteiger partial charge in [-0.25, -0.2) is 0 Å². The van der Waals surface area contributed by atoms with Crippen molar-refractivity contribution in [3.8, 4) is 11.5 Å². The van der Waals surface area contributed by atoms with E-state index in [0.717, 1.165) is 42.0 Å². The summed E-state index contributed by atoms with van der Waals surface area (Å²) in [4.78, 5) is 2.12. The number of nitrogens with one attached hydrogen (secondary N) is 1. The van der Waals surface area contributed by atoms with Crippen molar-refractivity contribution in [1.29, 1.82) is 0 Å². The van der Waals surface area contributed by atoms with Gasteiger partial charge in [0.05, 0.1) is 19.8 Å². The SMILES string of the molecule is CCCCOc1cc(CNC[C@@H](CN(C)C)[C@@H](O)c2ccccc2)ccc1OC. The summed E-state index contributed by atoms with van der Waals surface area (Å²) in [5, 5.41) is 14.4. The summed E-state index contributed by atoms with van der Waals surface area (Å²) < 4.78 is 11.3. The Morgan fingerprint density at radius 3 is 2.48 bits per heavy atom. The van der Waals surface area contributed by atoms with Gasteiger partial charge < -0.3 is 24.8 Å². The van der Waals surface area contributed by atoms with E-state index in [1.807, 2.05) is 62.6 Å². The molecule has 0 radical (unpaired) electrons. The Morgan fingerprint density at radius 2 is 1.83 bits per heavy atom. The van der Waals surface area contributed by atoms with Gasteiger partial charge in [0.25, 0.3) is 0 Å². The standard InChI is InChI=1S/C24H36N2O3/c1-5-6-14-29-23-15-19(12-13-22(23)28-4)16-25-17-21(18-26(2)3)24(27)20-10-8-7-9-11-20/h7-13,15,21,24-25,27H,5-6,14,16-18H2,1-4H3/t21-,24-/m0/s1. The van der Waals surface area contributed by atoms with Crippen LogP contribution in [0.15, 0.2) is 48.5 Å². The molecule has 0 bridgehead atoms. The summed E-state index contributed by atoms with van der Waals surface area (Å²) >= 11 is 0. The van der Waals surface area contributed by atoms with Crippen LogP contribution in [0.1, 0.15) is 37.0 Å². The Morgan fingerprint density at radius 1 is 1.07 bits per heavy atom. The molecule has 0 saturated heterocycles. The maximum atomic E-state index is 10.9. The summed E-state index contributed by atoms with van der Waals surface area (Å²) in [7, 11) is 5.74. The lowest BCUT2D eigenvalue weighted by Crippen LogP contribution is -2.34. The van der Waals surface area contributed by atoms with Crippen LogP contribution in [0.4, 0.5) is 0 Å². The van der Waals surface area contributed by atoms with Crippen molar-refractivity contribution in [2.24, 2.45) is 5.92 Å². The van der Waals surface area contributed by atoms with Gasteiger partial charge in [0.1, 0.15) is 0 Å². The highest BCUT2D eigenvalue weighted by Gasteiger charge is 2.21. The highest BCUT2D eigenvalue weighted by molar-refractivity contribution is 5.43. The second-order valence-electron chi connectivity index (χ2n) is 7.70. The van der Waals surface area contributed by atoms with Gasteiger partial charge in [-0.15, -0.1) is 0 Å². The Bertz CT molecular complexity index is 707. The third-order valence-corrected chi connectivity index (χ3v) is 4.91. The van der Waals surface area contributed by atoms with Crippen molar-refractivity contribution in [1.82, 2.24) is 10.2 Å². The molecule has 0 spiro atoms. The molecular weight excluding hydrogens is 364 g/mol. The van der Waals surface area contributed by atoms with E-state index < -0.39 is 6.10 Å². The summed E-state index contributed by atoms with van der Waals surface area (Å²) in [6.07, 6.45) is 1.62. The topological polar surface area (TPSA) is 54.0 Å². The van der Waals surface area contributed by atoms with Crippen LogP contribution in [0.3, 0.4) is 0 Å². The number of aliphatic hydroxyl groups excluding tert-OH is 1. The molecule has 5 nitrogen and oxygen atoms in total. The van der Waals surface area contributed by atoms with Crippen molar-refractivity contribution < 1.29 is 14.6 Å². The van der Waals surface area contributed by atoms with Crippen molar-refractivity contribution in [2.75, 3.05) is 40.9 Å². The van der Waals surface area contributed by atoms with Gasteiger partial charge in [0, 0.05) is 25.6 Å². The minimum atomic E-state index is -0.505.